The Bertz CT molecular complexity index is 442. The molecule has 4 nitrogen and oxygen atoms in total. The van der Waals surface area contributed by atoms with E-state index in [0.717, 1.165) is 19.5 Å². The van der Waals surface area contributed by atoms with Gasteiger partial charge in [0.25, 0.3) is 0 Å². The summed E-state index contributed by atoms with van der Waals surface area (Å²) in [5.41, 5.74) is 1.18. The summed E-state index contributed by atoms with van der Waals surface area (Å²) in [5.74, 6) is -0.259. The van der Waals surface area contributed by atoms with Gasteiger partial charge in [-0.3, -0.25) is 9.69 Å². The molecular weight excluding hydrogens is 248 g/mol. The second-order valence-electron chi connectivity index (χ2n) is 5.06. The van der Waals surface area contributed by atoms with E-state index >= 15 is 0 Å². The lowest BCUT2D eigenvalue weighted by Crippen LogP contribution is -2.43. The minimum absolute atomic E-state index is 0.359. The minimum Gasteiger partial charge on any atom is -0.480 e. The monoisotopic (exact) mass is 268 g/mol. The van der Waals surface area contributed by atoms with Crippen molar-refractivity contribution in [2.24, 2.45) is 0 Å². The van der Waals surface area contributed by atoms with Crippen molar-refractivity contribution in [1.29, 1.82) is 0 Å². The maximum absolute atomic E-state index is 11.2. The molecule has 0 aliphatic carbocycles. The zero-order chi connectivity index (χ0) is 13.3. The van der Waals surface area contributed by atoms with Crippen molar-refractivity contribution in [3.05, 3.63) is 15.6 Å². The van der Waals surface area contributed by atoms with Crippen LogP contribution in [0.3, 0.4) is 0 Å². The van der Waals surface area contributed by atoms with Crippen molar-refractivity contribution in [1.82, 2.24) is 9.88 Å². The number of nitrogens with zero attached hydrogens (tertiary/aromatic N) is 2. The van der Waals surface area contributed by atoms with E-state index in [1.54, 1.807) is 11.3 Å². The number of thiazole rings is 1. The molecule has 1 aromatic heterocycles. The SMILES string of the molecule is CCC(C(=O)O)N1CCc2nc(C(C)C)sc2C1. The van der Waals surface area contributed by atoms with Gasteiger partial charge in [-0.25, -0.2) is 4.98 Å². The highest BCUT2D eigenvalue weighted by molar-refractivity contribution is 7.11. The largest absolute Gasteiger partial charge is 0.480 e. The summed E-state index contributed by atoms with van der Waals surface area (Å²) in [6, 6.07) is -0.359. The van der Waals surface area contributed by atoms with Gasteiger partial charge in [-0.2, -0.15) is 0 Å². The van der Waals surface area contributed by atoms with Crippen molar-refractivity contribution in [3.63, 3.8) is 0 Å². The van der Waals surface area contributed by atoms with Crippen LogP contribution in [0.5, 0.6) is 0 Å². The topological polar surface area (TPSA) is 53.4 Å². The summed E-state index contributed by atoms with van der Waals surface area (Å²) < 4.78 is 0. The highest BCUT2D eigenvalue weighted by Crippen LogP contribution is 2.30. The number of rotatable bonds is 4. The summed E-state index contributed by atoms with van der Waals surface area (Å²) in [7, 11) is 0. The lowest BCUT2D eigenvalue weighted by atomic mass is 10.1. The molecule has 100 valence electrons. The Morgan fingerprint density at radius 3 is 2.83 bits per heavy atom. The second-order valence-corrected chi connectivity index (χ2v) is 6.17. The molecule has 1 aliphatic heterocycles. The summed E-state index contributed by atoms with van der Waals surface area (Å²) in [6.07, 6.45) is 1.53. The summed E-state index contributed by atoms with van der Waals surface area (Å²) in [6.45, 7) is 7.77. The van der Waals surface area contributed by atoms with Crippen LogP contribution in [0.1, 0.15) is 48.7 Å². The average Bonchev–Trinajstić information content (AvgIpc) is 2.72. The molecule has 2 heterocycles. The van der Waals surface area contributed by atoms with E-state index in [2.05, 4.69) is 23.7 Å². The molecule has 0 spiro atoms. The van der Waals surface area contributed by atoms with Crippen molar-refractivity contribution in [2.45, 2.75) is 52.1 Å². The van der Waals surface area contributed by atoms with Gasteiger partial charge in [0.1, 0.15) is 6.04 Å². The molecule has 0 aromatic carbocycles. The fourth-order valence-corrected chi connectivity index (χ4v) is 3.48. The Morgan fingerprint density at radius 2 is 2.28 bits per heavy atom. The number of aliphatic carboxylic acids is 1. The minimum atomic E-state index is -0.713. The standard InChI is InChI=1S/C13H20N2O2S/c1-4-10(13(16)17)15-6-5-9-11(7-15)18-12(14-9)8(2)3/h8,10H,4-7H2,1-3H3,(H,16,17). The normalized spacial score (nSPS) is 17.8. The van der Waals surface area contributed by atoms with E-state index in [9.17, 15) is 9.90 Å². The third-order valence-corrected chi connectivity index (χ3v) is 4.77. The van der Waals surface area contributed by atoms with Gasteiger partial charge in [0.2, 0.25) is 0 Å². The Labute approximate surface area is 112 Å². The zero-order valence-corrected chi connectivity index (χ0v) is 12.0. The average molecular weight is 268 g/mol. The first-order chi connectivity index (χ1) is 8.52. The third kappa shape index (κ3) is 2.57. The van der Waals surface area contributed by atoms with Crippen LogP contribution in [0.15, 0.2) is 0 Å². The number of hydrogen-bond acceptors (Lipinski definition) is 4. The van der Waals surface area contributed by atoms with Gasteiger partial charge in [0.15, 0.2) is 0 Å². The zero-order valence-electron chi connectivity index (χ0n) is 11.1. The van der Waals surface area contributed by atoms with E-state index in [0.29, 0.717) is 12.3 Å². The number of fused-ring (bicyclic) bond motifs is 1. The summed E-state index contributed by atoms with van der Waals surface area (Å²) in [4.78, 5) is 19.2. The molecule has 0 radical (unpaired) electrons. The highest BCUT2D eigenvalue weighted by Gasteiger charge is 2.29. The van der Waals surface area contributed by atoms with Crippen LogP contribution in [-0.4, -0.2) is 33.5 Å². The van der Waals surface area contributed by atoms with Gasteiger partial charge in [-0.05, 0) is 6.42 Å². The fourth-order valence-electron chi connectivity index (χ4n) is 2.34. The third-order valence-electron chi connectivity index (χ3n) is 3.38. The van der Waals surface area contributed by atoms with E-state index in [-0.39, 0.29) is 6.04 Å². The predicted octanol–water partition coefficient (Wildman–Crippen LogP) is 2.49. The molecule has 1 atom stereocenters. The van der Waals surface area contributed by atoms with Crippen molar-refractivity contribution < 1.29 is 9.90 Å². The predicted molar refractivity (Wildman–Crippen MR) is 72.0 cm³/mol. The lowest BCUT2D eigenvalue weighted by Gasteiger charge is -2.30. The summed E-state index contributed by atoms with van der Waals surface area (Å²) in [5, 5.41) is 10.4. The number of carboxylic acid groups (broad SMARTS) is 1. The molecule has 1 N–H and O–H groups in total. The highest BCUT2D eigenvalue weighted by atomic mass is 32.1. The first-order valence-corrected chi connectivity index (χ1v) is 7.29. The van der Waals surface area contributed by atoms with Crippen LogP contribution in [0.4, 0.5) is 0 Å². The van der Waals surface area contributed by atoms with Crippen LogP contribution in [-0.2, 0) is 17.8 Å². The molecule has 0 bridgehead atoms. The van der Waals surface area contributed by atoms with Crippen LogP contribution < -0.4 is 0 Å². The molecule has 1 aliphatic rings. The first-order valence-electron chi connectivity index (χ1n) is 6.48. The second kappa shape index (κ2) is 5.36. The summed E-state index contributed by atoms with van der Waals surface area (Å²) >= 11 is 1.74. The molecule has 2 rings (SSSR count). The van der Waals surface area contributed by atoms with Gasteiger partial charge in [0.05, 0.1) is 10.7 Å². The lowest BCUT2D eigenvalue weighted by molar-refractivity contribution is -0.143. The van der Waals surface area contributed by atoms with Crippen LogP contribution in [0, 0.1) is 0 Å². The van der Waals surface area contributed by atoms with Crippen LogP contribution in [0.25, 0.3) is 0 Å². The molecule has 1 unspecified atom stereocenters. The molecule has 18 heavy (non-hydrogen) atoms. The van der Waals surface area contributed by atoms with E-state index in [1.807, 2.05) is 6.92 Å². The first kappa shape index (κ1) is 13.5. The Hall–Kier alpha value is -0.940. The molecule has 0 amide bonds. The van der Waals surface area contributed by atoms with Crippen molar-refractivity contribution >= 4 is 17.3 Å². The Morgan fingerprint density at radius 1 is 1.56 bits per heavy atom. The van der Waals surface area contributed by atoms with Gasteiger partial charge in [0, 0.05) is 30.3 Å². The number of carboxylic acids is 1. The van der Waals surface area contributed by atoms with E-state index < -0.39 is 5.97 Å². The van der Waals surface area contributed by atoms with Crippen molar-refractivity contribution in [3.8, 4) is 0 Å². The molecule has 0 fully saturated rings. The maximum Gasteiger partial charge on any atom is 0.320 e. The van der Waals surface area contributed by atoms with Gasteiger partial charge < -0.3 is 5.11 Å². The molecular formula is C13H20N2O2S. The molecule has 1 aromatic rings. The van der Waals surface area contributed by atoms with E-state index in [4.69, 9.17) is 0 Å². The Balaban J connectivity index is 2.16. The van der Waals surface area contributed by atoms with E-state index in [1.165, 1.54) is 15.6 Å². The van der Waals surface area contributed by atoms with Gasteiger partial charge in [-0.15, -0.1) is 11.3 Å². The Kier molecular flexibility index (Phi) is 4.02. The van der Waals surface area contributed by atoms with Gasteiger partial charge >= 0.3 is 5.97 Å². The molecule has 0 saturated heterocycles. The van der Waals surface area contributed by atoms with Crippen LogP contribution in [0.2, 0.25) is 0 Å². The molecule has 0 saturated carbocycles. The number of carbonyl (C=O) groups is 1. The van der Waals surface area contributed by atoms with Crippen LogP contribution >= 0.6 is 11.3 Å². The van der Waals surface area contributed by atoms with Gasteiger partial charge in [-0.1, -0.05) is 20.8 Å². The quantitative estimate of drug-likeness (QED) is 0.911. The maximum atomic E-state index is 11.2. The number of hydrogen-bond donors (Lipinski definition) is 1. The fraction of sp³-hybridized carbons (Fsp3) is 0.692. The molecule has 5 heteroatoms. The smallest absolute Gasteiger partial charge is 0.320 e. The number of aromatic nitrogens is 1. The van der Waals surface area contributed by atoms with Crippen molar-refractivity contribution in [2.75, 3.05) is 6.54 Å².